The summed E-state index contributed by atoms with van der Waals surface area (Å²) in [6.07, 6.45) is 4.27. The van der Waals surface area contributed by atoms with Crippen LogP contribution in [0.2, 0.25) is 0 Å². The highest BCUT2D eigenvalue weighted by Crippen LogP contribution is 2.37. The van der Waals surface area contributed by atoms with Gasteiger partial charge < -0.3 is 4.90 Å². The molecule has 1 aliphatic rings. The summed E-state index contributed by atoms with van der Waals surface area (Å²) in [4.78, 5) is 3.34. The fraction of sp³-hybridized carbons (Fsp3) is 0.235. The van der Waals surface area contributed by atoms with E-state index in [4.69, 9.17) is 0 Å². The van der Waals surface area contributed by atoms with Crippen molar-refractivity contribution in [2.24, 2.45) is 0 Å². The fourth-order valence-electron chi connectivity index (χ4n) is 2.81. The highest BCUT2D eigenvalue weighted by Gasteiger charge is 2.21. The molecule has 0 aliphatic carbocycles. The number of thioether (sulfide) groups is 1. The van der Waals surface area contributed by atoms with Gasteiger partial charge in [0.05, 0.1) is 11.3 Å². The second-order valence-electron chi connectivity index (χ2n) is 4.85. The van der Waals surface area contributed by atoms with Gasteiger partial charge >= 0.3 is 0 Å². The molecule has 0 spiro atoms. The summed E-state index contributed by atoms with van der Waals surface area (Å²) in [7, 11) is 0. The number of benzene rings is 2. The molecule has 1 heterocycles. The van der Waals surface area contributed by atoms with Gasteiger partial charge in [-0.25, -0.2) is 0 Å². The Morgan fingerprint density at radius 1 is 1.10 bits per heavy atom. The molecular weight excluding hydrogens is 264 g/mol. The van der Waals surface area contributed by atoms with Crippen molar-refractivity contribution in [3.8, 4) is 6.07 Å². The van der Waals surface area contributed by atoms with E-state index < -0.39 is 0 Å². The quantitative estimate of drug-likeness (QED) is 0.765. The van der Waals surface area contributed by atoms with E-state index in [0.717, 1.165) is 35.5 Å². The van der Waals surface area contributed by atoms with Crippen molar-refractivity contribution in [1.82, 2.24) is 0 Å². The van der Waals surface area contributed by atoms with Crippen LogP contribution < -0.4 is 4.90 Å². The fourth-order valence-corrected chi connectivity index (χ4v) is 3.38. The number of nitriles is 1. The minimum atomic E-state index is 0.789. The zero-order valence-electron chi connectivity index (χ0n) is 11.5. The molecule has 0 unspecified atom stereocenters. The lowest BCUT2D eigenvalue weighted by Gasteiger charge is -2.32. The van der Waals surface area contributed by atoms with E-state index in [9.17, 15) is 5.26 Å². The number of para-hydroxylation sites is 1. The summed E-state index contributed by atoms with van der Waals surface area (Å²) >= 11 is 1.63. The minimum Gasteiger partial charge on any atom is -0.340 e. The molecule has 0 bridgehead atoms. The van der Waals surface area contributed by atoms with E-state index in [2.05, 4.69) is 41.3 Å². The van der Waals surface area contributed by atoms with Crippen molar-refractivity contribution in [2.75, 3.05) is 17.7 Å². The Morgan fingerprint density at radius 2 is 1.90 bits per heavy atom. The van der Waals surface area contributed by atoms with Crippen LogP contribution in [0.4, 0.5) is 11.4 Å². The maximum atomic E-state index is 9.52. The number of fused-ring (bicyclic) bond motifs is 1. The number of anilines is 2. The summed E-state index contributed by atoms with van der Waals surface area (Å²) in [5.74, 6) is 0. The Hall–Kier alpha value is -1.92. The van der Waals surface area contributed by atoms with E-state index in [1.165, 1.54) is 11.3 Å². The first-order valence-corrected chi connectivity index (χ1v) is 8.00. The molecule has 20 heavy (non-hydrogen) atoms. The monoisotopic (exact) mass is 280 g/mol. The Bertz CT molecular complexity index is 673. The van der Waals surface area contributed by atoms with Crippen molar-refractivity contribution in [2.45, 2.75) is 17.7 Å². The number of hydrogen-bond acceptors (Lipinski definition) is 3. The third kappa shape index (κ3) is 2.17. The lowest BCUT2D eigenvalue weighted by molar-refractivity contribution is 0.765. The van der Waals surface area contributed by atoms with Gasteiger partial charge in [0.2, 0.25) is 0 Å². The SMILES string of the molecule is CSc1cccc(N2CCCc3ccccc32)c1C#N. The number of rotatable bonds is 2. The predicted molar refractivity (Wildman–Crippen MR) is 84.7 cm³/mol. The molecule has 0 fully saturated rings. The minimum absolute atomic E-state index is 0.789. The smallest absolute Gasteiger partial charge is 0.103 e. The predicted octanol–water partition coefficient (Wildman–Crippen LogP) is 4.36. The van der Waals surface area contributed by atoms with Gasteiger partial charge in [-0.15, -0.1) is 11.8 Å². The Labute approximate surface area is 124 Å². The van der Waals surface area contributed by atoms with Gasteiger partial charge in [-0.05, 0) is 42.9 Å². The molecule has 0 saturated carbocycles. The Kier molecular flexibility index (Phi) is 3.66. The van der Waals surface area contributed by atoms with Crippen molar-refractivity contribution in [1.29, 1.82) is 5.26 Å². The lowest BCUT2D eigenvalue weighted by Crippen LogP contribution is -2.25. The Balaban J connectivity index is 2.14. The van der Waals surface area contributed by atoms with Crippen LogP contribution >= 0.6 is 11.8 Å². The molecular formula is C17H16N2S. The number of nitrogens with zero attached hydrogens (tertiary/aromatic N) is 2. The van der Waals surface area contributed by atoms with E-state index in [1.807, 2.05) is 18.4 Å². The summed E-state index contributed by atoms with van der Waals surface area (Å²) in [5, 5.41) is 9.52. The molecule has 2 nitrogen and oxygen atoms in total. The van der Waals surface area contributed by atoms with Crippen LogP contribution in [-0.4, -0.2) is 12.8 Å². The molecule has 1 aliphatic heterocycles. The molecule has 0 amide bonds. The van der Waals surface area contributed by atoms with E-state index in [1.54, 1.807) is 11.8 Å². The van der Waals surface area contributed by atoms with Crippen LogP contribution in [-0.2, 0) is 6.42 Å². The molecule has 0 aromatic heterocycles. The van der Waals surface area contributed by atoms with Crippen LogP contribution in [0, 0.1) is 11.3 Å². The Morgan fingerprint density at radius 3 is 2.70 bits per heavy atom. The van der Waals surface area contributed by atoms with Gasteiger partial charge in [-0.1, -0.05) is 24.3 Å². The molecule has 0 N–H and O–H groups in total. The largest absolute Gasteiger partial charge is 0.340 e. The summed E-state index contributed by atoms with van der Waals surface area (Å²) in [6, 6.07) is 17.0. The molecule has 3 heteroatoms. The van der Waals surface area contributed by atoms with Gasteiger partial charge in [0.15, 0.2) is 0 Å². The van der Waals surface area contributed by atoms with Crippen molar-refractivity contribution in [3.05, 3.63) is 53.6 Å². The topological polar surface area (TPSA) is 27.0 Å². The summed E-state index contributed by atoms with van der Waals surface area (Å²) in [6.45, 7) is 0.976. The van der Waals surface area contributed by atoms with Crippen LogP contribution in [0.3, 0.4) is 0 Å². The zero-order valence-corrected chi connectivity index (χ0v) is 12.3. The normalized spacial score (nSPS) is 13.7. The third-order valence-electron chi connectivity index (χ3n) is 3.74. The maximum Gasteiger partial charge on any atom is 0.103 e. The molecule has 0 saturated heterocycles. The average molecular weight is 280 g/mol. The summed E-state index contributed by atoms with van der Waals surface area (Å²) < 4.78 is 0. The van der Waals surface area contributed by atoms with Crippen molar-refractivity contribution < 1.29 is 0 Å². The second-order valence-corrected chi connectivity index (χ2v) is 5.70. The lowest BCUT2D eigenvalue weighted by atomic mass is 10.00. The van der Waals surface area contributed by atoms with Gasteiger partial charge in [0.25, 0.3) is 0 Å². The molecule has 100 valence electrons. The first-order chi connectivity index (χ1) is 9.85. The van der Waals surface area contributed by atoms with Crippen molar-refractivity contribution >= 4 is 23.1 Å². The molecule has 3 rings (SSSR count). The van der Waals surface area contributed by atoms with Crippen LogP contribution in [0.1, 0.15) is 17.5 Å². The maximum absolute atomic E-state index is 9.52. The van der Waals surface area contributed by atoms with E-state index in [0.29, 0.717) is 0 Å². The molecule has 2 aromatic carbocycles. The third-order valence-corrected chi connectivity index (χ3v) is 4.52. The second kappa shape index (κ2) is 5.60. The molecule has 0 radical (unpaired) electrons. The number of aryl methyl sites for hydroxylation is 1. The first kappa shape index (κ1) is 13.1. The average Bonchev–Trinajstić information content (AvgIpc) is 2.53. The number of hydrogen-bond donors (Lipinski definition) is 0. The van der Waals surface area contributed by atoms with Gasteiger partial charge in [0.1, 0.15) is 6.07 Å². The van der Waals surface area contributed by atoms with E-state index in [-0.39, 0.29) is 0 Å². The van der Waals surface area contributed by atoms with Gasteiger partial charge in [-0.3, -0.25) is 0 Å². The first-order valence-electron chi connectivity index (χ1n) is 6.77. The zero-order chi connectivity index (χ0) is 13.9. The van der Waals surface area contributed by atoms with Gasteiger partial charge in [0, 0.05) is 17.1 Å². The highest BCUT2D eigenvalue weighted by molar-refractivity contribution is 7.98. The highest BCUT2D eigenvalue weighted by atomic mass is 32.2. The summed E-state index contributed by atoms with van der Waals surface area (Å²) in [5.41, 5.74) is 4.44. The van der Waals surface area contributed by atoms with Crippen molar-refractivity contribution in [3.63, 3.8) is 0 Å². The van der Waals surface area contributed by atoms with Gasteiger partial charge in [-0.2, -0.15) is 5.26 Å². The standard InChI is InChI=1S/C17H16N2S/c1-20-17-10-4-9-16(14(17)12-18)19-11-5-7-13-6-2-3-8-15(13)19/h2-4,6,8-10H,5,7,11H2,1H3. The molecule has 2 aromatic rings. The molecule has 0 atom stereocenters. The van der Waals surface area contributed by atoms with Crippen LogP contribution in [0.25, 0.3) is 0 Å². The van der Waals surface area contributed by atoms with Crippen LogP contribution in [0.15, 0.2) is 47.4 Å². The van der Waals surface area contributed by atoms with Crippen LogP contribution in [0.5, 0.6) is 0 Å². The van der Waals surface area contributed by atoms with E-state index >= 15 is 0 Å².